The first kappa shape index (κ1) is 17.2. The van der Waals surface area contributed by atoms with Crippen molar-refractivity contribution >= 4 is 34.1 Å². The number of para-hydroxylation sites is 1. The number of hydrogen-bond donors (Lipinski definition) is 1. The van der Waals surface area contributed by atoms with Crippen molar-refractivity contribution < 1.29 is 9.59 Å². The number of amides is 2. The van der Waals surface area contributed by atoms with Gasteiger partial charge in [-0.05, 0) is 48.7 Å². The minimum atomic E-state index is -0.173. The van der Waals surface area contributed by atoms with E-state index in [1.165, 1.54) is 0 Å². The fourth-order valence-corrected chi connectivity index (χ4v) is 3.49. The predicted octanol–water partition coefficient (Wildman–Crippen LogP) is 4.18. The van der Waals surface area contributed by atoms with Gasteiger partial charge in [0, 0.05) is 29.6 Å². The molecule has 0 bridgehead atoms. The Hall–Kier alpha value is -3.21. The van der Waals surface area contributed by atoms with Crippen LogP contribution in [0, 0.1) is 0 Å². The highest BCUT2D eigenvalue weighted by Gasteiger charge is 2.24. The van der Waals surface area contributed by atoms with Crippen molar-refractivity contribution in [3.05, 3.63) is 65.9 Å². The molecule has 0 spiro atoms. The normalized spacial score (nSPS) is 12.9. The first-order valence-corrected chi connectivity index (χ1v) is 9.25. The maximum absolute atomic E-state index is 12.6. The van der Waals surface area contributed by atoms with E-state index in [-0.39, 0.29) is 11.8 Å². The summed E-state index contributed by atoms with van der Waals surface area (Å²) < 4.78 is 0. The van der Waals surface area contributed by atoms with Crippen molar-refractivity contribution in [1.82, 2.24) is 4.98 Å². The molecule has 27 heavy (non-hydrogen) atoms. The minimum absolute atomic E-state index is 0.149. The van der Waals surface area contributed by atoms with E-state index < -0.39 is 0 Å². The van der Waals surface area contributed by atoms with Crippen LogP contribution in [-0.4, -0.2) is 23.3 Å². The van der Waals surface area contributed by atoms with Crippen molar-refractivity contribution in [2.45, 2.75) is 26.2 Å². The highest BCUT2D eigenvalue weighted by atomic mass is 16.2. The molecule has 2 aromatic carbocycles. The number of anilines is 2. The average Bonchev–Trinajstić information content (AvgIpc) is 3.11. The molecule has 0 saturated heterocycles. The van der Waals surface area contributed by atoms with E-state index in [0.717, 1.165) is 35.0 Å². The van der Waals surface area contributed by atoms with Crippen LogP contribution in [0.25, 0.3) is 10.9 Å². The molecule has 1 N–H and O–H groups in total. The SMILES string of the molecule is CCCC(=O)N1CCc2cc(C(=O)Nc3cnc4ccccc4c3)ccc21. The highest BCUT2D eigenvalue weighted by molar-refractivity contribution is 6.06. The van der Waals surface area contributed by atoms with E-state index in [9.17, 15) is 9.59 Å². The fraction of sp³-hybridized carbons (Fsp3) is 0.227. The van der Waals surface area contributed by atoms with E-state index in [2.05, 4.69) is 10.3 Å². The van der Waals surface area contributed by atoms with E-state index in [1.54, 1.807) is 12.3 Å². The quantitative estimate of drug-likeness (QED) is 0.760. The summed E-state index contributed by atoms with van der Waals surface area (Å²) >= 11 is 0. The number of aromatic nitrogens is 1. The molecule has 1 aliphatic heterocycles. The molecule has 0 fully saturated rings. The topological polar surface area (TPSA) is 62.3 Å². The molecule has 5 heteroatoms. The molecule has 0 radical (unpaired) electrons. The van der Waals surface area contributed by atoms with E-state index >= 15 is 0 Å². The van der Waals surface area contributed by atoms with Crippen LogP contribution in [0.2, 0.25) is 0 Å². The lowest BCUT2D eigenvalue weighted by Gasteiger charge is -2.17. The van der Waals surface area contributed by atoms with Crippen LogP contribution in [-0.2, 0) is 11.2 Å². The van der Waals surface area contributed by atoms with Gasteiger partial charge in [0.2, 0.25) is 5.91 Å². The summed E-state index contributed by atoms with van der Waals surface area (Å²) in [4.78, 5) is 31.1. The van der Waals surface area contributed by atoms with Gasteiger partial charge in [0.1, 0.15) is 0 Å². The second-order valence-electron chi connectivity index (χ2n) is 6.76. The number of nitrogens with one attached hydrogen (secondary N) is 1. The molecule has 1 aliphatic rings. The second-order valence-corrected chi connectivity index (χ2v) is 6.76. The number of nitrogens with zero attached hydrogens (tertiary/aromatic N) is 2. The zero-order valence-corrected chi connectivity index (χ0v) is 15.2. The molecule has 0 saturated carbocycles. The average molecular weight is 359 g/mol. The first-order chi connectivity index (χ1) is 13.2. The first-order valence-electron chi connectivity index (χ1n) is 9.25. The van der Waals surface area contributed by atoms with Gasteiger partial charge in [-0.1, -0.05) is 25.1 Å². The molecule has 0 atom stereocenters. The van der Waals surface area contributed by atoms with Crippen LogP contribution >= 0.6 is 0 Å². The van der Waals surface area contributed by atoms with Gasteiger partial charge in [-0.15, -0.1) is 0 Å². The largest absolute Gasteiger partial charge is 0.321 e. The van der Waals surface area contributed by atoms with Gasteiger partial charge >= 0.3 is 0 Å². The Morgan fingerprint density at radius 2 is 2.00 bits per heavy atom. The molecule has 3 aromatic rings. The molecule has 0 unspecified atom stereocenters. The van der Waals surface area contributed by atoms with Gasteiger partial charge in [0.05, 0.1) is 17.4 Å². The Bertz CT molecular complexity index is 1030. The van der Waals surface area contributed by atoms with Crippen LogP contribution in [0.1, 0.15) is 35.7 Å². The number of carbonyl (C=O) groups is 2. The number of pyridine rings is 1. The third kappa shape index (κ3) is 3.40. The molecule has 2 amide bonds. The van der Waals surface area contributed by atoms with Gasteiger partial charge in [-0.2, -0.15) is 0 Å². The molecular formula is C22H21N3O2. The number of rotatable bonds is 4. The van der Waals surface area contributed by atoms with Gasteiger partial charge in [-0.3, -0.25) is 14.6 Å². The second kappa shape index (κ2) is 7.19. The summed E-state index contributed by atoms with van der Waals surface area (Å²) in [5.41, 5.74) is 4.12. The number of fused-ring (bicyclic) bond motifs is 2. The Morgan fingerprint density at radius 1 is 1.15 bits per heavy atom. The lowest BCUT2D eigenvalue weighted by Crippen LogP contribution is -2.28. The molecule has 4 rings (SSSR count). The fourth-order valence-electron chi connectivity index (χ4n) is 3.49. The van der Waals surface area contributed by atoms with Crippen molar-refractivity contribution in [2.75, 3.05) is 16.8 Å². The summed E-state index contributed by atoms with van der Waals surface area (Å²) in [7, 11) is 0. The van der Waals surface area contributed by atoms with Gasteiger partial charge in [0.25, 0.3) is 5.91 Å². The summed E-state index contributed by atoms with van der Waals surface area (Å²) in [6.07, 6.45) is 3.84. The lowest BCUT2D eigenvalue weighted by molar-refractivity contribution is -0.118. The van der Waals surface area contributed by atoms with Crippen molar-refractivity contribution in [3.63, 3.8) is 0 Å². The Morgan fingerprint density at radius 3 is 2.85 bits per heavy atom. The maximum Gasteiger partial charge on any atom is 0.255 e. The van der Waals surface area contributed by atoms with E-state index in [1.807, 2.05) is 54.3 Å². The minimum Gasteiger partial charge on any atom is -0.321 e. The van der Waals surface area contributed by atoms with Crippen molar-refractivity contribution in [1.29, 1.82) is 0 Å². The van der Waals surface area contributed by atoms with Gasteiger partial charge in [-0.25, -0.2) is 0 Å². The van der Waals surface area contributed by atoms with E-state index in [4.69, 9.17) is 0 Å². The highest BCUT2D eigenvalue weighted by Crippen LogP contribution is 2.30. The number of benzene rings is 2. The lowest BCUT2D eigenvalue weighted by atomic mass is 10.1. The van der Waals surface area contributed by atoms with Crippen LogP contribution in [0.5, 0.6) is 0 Å². The molecule has 5 nitrogen and oxygen atoms in total. The number of carbonyl (C=O) groups excluding carboxylic acids is 2. The van der Waals surface area contributed by atoms with Crippen molar-refractivity contribution in [3.8, 4) is 0 Å². The maximum atomic E-state index is 12.6. The smallest absolute Gasteiger partial charge is 0.255 e. The Balaban J connectivity index is 1.53. The van der Waals surface area contributed by atoms with Crippen molar-refractivity contribution in [2.24, 2.45) is 0 Å². The molecular weight excluding hydrogens is 338 g/mol. The molecule has 2 heterocycles. The Labute approximate surface area is 158 Å². The van der Waals surface area contributed by atoms with Crippen LogP contribution in [0.15, 0.2) is 54.7 Å². The standard InChI is InChI=1S/C22H21N3O2/c1-2-5-21(26)25-11-10-16-12-17(8-9-20(16)25)22(27)24-18-13-15-6-3-4-7-19(15)23-14-18/h3-4,6-9,12-14H,2,5,10-11H2,1H3,(H,24,27). The molecule has 1 aromatic heterocycles. The monoisotopic (exact) mass is 359 g/mol. The zero-order chi connectivity index (χ0) is 18.8. The number of hydrogen-bond acceptors (Lipinski definition) is 3. The predicted molar refractivity (Wildman–Crippen MR) is 107 cm³/mol. The van der Waals surface area contributed by atoms with Gasteiger partial charge in [0.15, 0.2) is 0 Å². The summed E-state index contributed by atoms with van der Waals surface area (Å²) in [5, 5.41) is 3.89. The zero-order valence-electron chi connectivity index (χ0n) is 15.2. The third-order valence-corrected chi connectivity index (χ3v) is 4.85. The molecule has 136 valence electrons. The Kier molecular flexibility index (Phi) is 4.59. The summed E-state index contributed by atoms with van der Waals surface area (Å²) in [6, 6.07) is 15.2. The summed E-state index contributed by atoms with van der Waals surface area (Å²) in [5.74, 6) is -0.0242. The van der Waals surface area contributed by atoms with Crippen LogP contribution in [0.4, 0.5) is 11.4 Å². The summed E-state index contributed by atoms with van der Waals surface area (Å²) in [6.45, 7) is 2.69. The van der Waals surface area contributed by atoms with Gasteiger partial charge < -0.3 is 10.2 Å². The van der Waals surface area contributed by atoms with Crippen LogP contribution < -0.4 is 10.2 Å². The molecule has 0 aliphatic carbocycles. The third-order valence-electron chi connectivity index (χ3n) is 4.85. The van der Waals surface area contributed by atoms with E-state index in [0.29, 0.717) is 24.2 Å². The van der Waals surface area contributed by atoms with Crippen LogP contribution in [0.3, 0.4) is 0 Å².